The van der Waals surface area contributed by atoms with Crippen molar-refractivity contribution in [2.45, 2.75) is 43.7 Å². The molecule has 0 saturated carbocycles. The molecular formula is C20H22F2N3O8P. The number of halogens is 2. The summed E-state index contributed by atoms with van der Waals surface area (Å²) < 4.78 is 64.2. The number of aliphatic hydroxyl groups is 1. The highest BCUT2D eigenvalue weighted by Gasteiger charge is 2.60. The zero-order chi connectivity index (χ0) is 24.5. The maximum absolute atomic E-state index is 14.7. The van der Waals surface area contributed by atoms with Gasteiger partial charge in [-0.1, -0.05) is 17.7 Å². The molecule has 184 valence electrons. The molecule has 2 saturated heterocycles. The molecule has 34 heavy (non-hydrogen) atoms. The monoisotopic (exact) mass is 501 g/mol. The summed E-state index contributed by atoms with van der Waals surface area (Å²) in [7, 11) is -4.33. The summed E-state index contributed by atoms with van der Waals surface area (Å²) in [6.45, 7) is 1.12. The van der Waals surface area contributed by atoms with E-state index in [-0.39, 0.29) is 18.8 Å². The Bertz CT molecular complexity index is 1150. The van der Waals surface area contributed by atoms with Gasteiger partial charge in [0.1, 0.15) is 17.9 Å². The number of aryl methyl sites for hydroxylation is 1. The van der Waals surface area contributed by atoms with E-state index in [1.54, 1.807) is 12.1 Å². The number of hydrogen-bond donors (Lipinski definition) is 2. The van der Waals surface area contributed by atoms with Gasteiger partial charge in [0.05, 0.1) is 13.2 Å². The molecule has 2 fully saturated rings. The van der Waals surface area contributed by atoms with Gasteiger partial charge in [0.2, 0.25) is 6.23 Å². The minimum absolute atomic E-state index is 0.0965. The summed E-state index contributed by atoms with van der Waals surface area (Å²) in [4.78, 5) is 27.1. The number of hydrogen-bond acceptors (Lipinski definition) is 9. The van der Waals surface area contributed by atoms with Crippen LogP contribution in [-0.2, 0) is 23.4 Å². The third-order valence-corrected chi connectivity index (χ3v) is 6.84. The molecule has 0 radical (unpaired) electrons. The molecule has 0 amide bonds. The smallest absolute Gasteiger partial charge is 0.459 e. The number of nitrogens with one attached hydrogen (secondary N) is 1. The number of ether oxygens (including phenoxy) is 2. The molecule has 1 aromatic carbocycles. The average molecular weight is 501 g/mol. The standard InChI is InChI=1S/C20H22F2N3O8P/c1-12-3-5-13(6-4-12)33-34(29,24-14-7-10-30-17(14)27)31-11-15-16(26)20(21,22)18(32-15)25-9-2-8-23-19(25)28/h2-6,8-9,14-16,18,26H,7,10-11H2,1H3,(H,24,29)/t14-,15?,16+,18+,34?/m0/s1. The predicted molar refractivity (Wildman–Crippen MR) is 111 cm³/mol. The number of nitrogens with zero attached hydrogens (tertiary/aromatic N) is 2. The first-order chi connectivity index (χ1) is 16.1. The number of esters is 1. The van der Waals surface area contributed by atoms with Crippen LogP contribution in [0.5, 0.6) is 5.75 Å². The van der Waals surface area contributed by atoms with Gasteiger partial charge < -0.3 is 19.1 Å². The lowest BCUT2D eigenvalue weighted by molar-refractivity contribution is -0.141. The minimum Gasteiger partial charge on any atom is -0.464 e. The lowest BCUT2D eigenvalue weighted by Gasteiger charge is -2.24. The van der Waals surface area contributed by atoms with Gasteiger partial charge in [-0.05, 0) is 25.1 Å². The van der Waals surface area contributed by atoms with Crippen molar-refractivity contribution in [3.05, 3.63) is 58.8 Å². The first-order valence-electron chi connectivity index (χ1n) is 10.3. The van der Waals surface area contributed by atoms with Crippen molar-refractivity contribution in [3.63, 3.8) is 0 Å². The molecule has 2 aliphatic rings. The second-order valence-corrected chi connectivity index (χ2v) is 9.49. The second-order valence-electron chi connectivity index (χ2n) is 7.79. The van der Waals surface area contributed by atoms with Crippen LogP contribution in [0, 0.1) is 6.92 Å². The fraction of sp³-hybridized carbons (Fsp3) is 0.450. The molecule has 0 spiro atoms. The number of benzene rings is 1. The van der Waals surface area contributed by atoms with E-state index in [0.717, 1.165) is 18.0 Å². The maximum Gasteiger partial charge on any atom is 0.459 e. The Morgan fingerprint density at radius 1 is 1.32 bits per heavy atom. The molecule has 0 aliphatic carbocycles. The van der Waals surface area contributed by atoms with Crippen LogP contribution in [0.1, 0.15) is 18.2 Å². The summed E-state index contributed by atoms with van der Waals surface area (Å²) in [6.07, 6.45) is -3.87. The first-order valence-corrected chi connectivity index (χ1v) is 11.8. The number of rotatable bonds is 8. The Hall–Kier alpha value is -2.70. The Morgan fingerprint density at radius 2 is 2.06 bits per heavy atom. The highest BCUT2D eigenvalue weighted by Crippen LogP contribution is 2.48. The highest BCUT2D eigenvalue weighted by molar-refractivity contribution is 7.52. The van der Waals surface area contributed by atoms with E-state index < -0.39 is 56.4 Å². The van der Waals surface area contributed by atoms with E-state index in [2.05, 4.69) is 10.1 Å². The number of alkyl halides is 2. The van der Waals surface area contributed by atoms with Crippen molar-refractivity contribution in [1.29, 1.82) is 0 Å². The minimum atomic E-state index is -4.33. The fourth-order valence-electron chi connectivity index (χ4n) is 3.46. The largest absolute Gasteiger partial charge is 0.464 e. The van der Waals surface area contributed by atoms with Crippen LogP contribution in [-0.4, -0.2) is 58.0 Å². The molecule has 2 aromatic rings. The fourth-order valence-corrected chi connectivity index (χ4v) is 4.99. The SMILES string of the molecule is Cc1ccc(OP(=O)(N[C@H]2CCOC2=O)OCC2O[C@@H](n3cccnc3=O)C(F)(F)[C@@H]2O)cc1. The second kappa shape index (κ2) is 9.51. The number of carbonyl (C=O) groups excluding carboxylic acids is 1. The summed E-state index contributed by atoms with van der Waals surface area (Å²) in [6, 6.07) is 6.65. The van der Waals surface area contributed by atoms with E-state index in [1.165, 1.54) is 18.2 Å². The molecule has 0 bridgehead atoms. The van der Waals surface area contributed by atoms with Crippen molar-refractivity contribution in [2.24, 2.45) is 0 Å². The van der Waals surface area contributed by atoms with Gasteiger partial charge in [0.25, 0.3) is 0 Å². The summed E-state index contributed by atoms with van der Waals surface area (Å²) in [5.74, 6) is -4.42. The molecule has 14 heteroatoms. The van der Waals surface area contributed by atoms with Crippen molar-refractivity contribution in [1.82, 2.24) is 14.6 Å². The number of aliphatic hydroxyl groups excluding tert-OH is 1. The third kappa shape index (κ3) is 5.03. The Balaban J connectivity index is 1.52. The molecule has 5 atom stereocenters. The van der Waals surface area contributed by atoms with Gasteiger partial charge in [0, 0.05) is 18.8 Å². The van der Waals surface area contributed by atoms with Crippen molar-refractivity contribution in [3.8, 4) is 5.75 Å². The van der Waals surface area contributed by atoms with Gasteiger partial charge in [0.15, 0.2) is 6.10 Å². The Morgan fingerprint density at radius 3 is 2.71 bits per heavy atom. The van der Waals surface area contributed by atoms with Crippen LogP contribution in [0.15, 0.2) is 47.5 Å². The van der Waals surface area contributed by atoms with E-state index in [1.807, 2.05) is 6.92 Å². The van der Waals surface area contributed by atoms with Crippen LogP contribution in [0.4, 0.5) is 8.78 Å². The molecule has 1 aromatic heterocycles. The topological polar surface area (TPSA) is 138 Å². The van der Waals surface area contributed by atoms with Crippen molar-refractivity contribution < 1.29 is 41.8 Å². The number of aromatic nitrogens is 2. The first kappa shape index (κ1) is 24.4. The van der Waals surface area contributed by atoms with Gasteiger partial charge in [-0.2, -0.15) is 13.9 Å². The summed E-state index contributed by atoms with van der Waals surface area (Å²) in [5.41, 5.74) is -0.104. The lowest BCUT2D eigenvalue weighted by Crippen LogP contribution is -2.42. The number of carbonyl (C=O) groups is 1. The van der Waals surface area contributed by atoms with E-state index in [4.69, 9.17) is 18.5 Å². The van der Waals surface area contributed by atoms with Crippen molar-refractivity contribution >= 4 is 13.7 Å². The summed E-state index contributed by atoms with van der Waals surface area (Å²) >= 11 is 0. The van der Waals surface area contributed by atoms with Crippen molar-refractivity contribution in [2.75, 3.05) is 13.2 Å². The quantitative estimate of drug-likeness (QED) is 0.405. The third-order valence-electron chi connectivity index (χ3n) is 5.28. The predicted octanol–water partition coefficient (Wildman–Crippen LogP) is 1.55. The Kier molecular flexibility index (Phi) is 6.83. The molecule has 2 N–H and O–H groups in total. The Labute approximate surface area is 192 Å². The molecular weight excluding hydrogens is 479 g/mol. The summed E-state index contributed by atoms with van der Waals surface area (Å²) in [5, 5.41) is 12.6. The van der Waals surface area contributed by atoms with E-state index in [0.29, 0.717) is 4.57 Å². The van der Waals surface area contributed by atoms with Crippen LogP contribution in [0.25, 0.3) is 0 Å². The van der Waals surface area contributed by atoms with Crippen LogP contribution < -0.4 is 15.3 Å². The molecule has 11 nitrogen and oxygen atoms in total. The van der Waals surface area contributed by atoms with Gasteiger partial charge >= 0.3 is 25.3 Å². The normalized spacial score (nSPS) is 27.8. The van der Waals surface area contributed by atoms with Crippen LogP contribution >= 0.6 is 7.75 Å². The number of cyclic esters (lactones) is 1. The van der Waals surface area contributed by atoms with Crippen LogP contribution in [0.2, 0.25) is 0 Å². The van der Waals surface area contributed by atoms with E-state index >= 15 is 0 Å². The zero-order valence-electron chi connectivity index (χ0n) is 17.9. The molecule has 3 heterocycles. The zero-order valence-corrected chi connectivity index (χ0v) is 18.8. The van der Waals surface area contributed by atoms with Gasteiger partial charge in [-0.3, -0.25) is 13.9 Å². The van der Waals surface area contributed by atoms with Gasteiger partial charge in [-0.15, -0.1) is 0 Å². The highest BCUT2D eigenvalue weighted by atomic mass is 31.2. The molecule has 4 rings (SSSR count). The van der Waals surface area contributed by atoms with Crippen LogP contribution in [0.3, 0.4) is 0 Å². The van der Waals surface area contributed by atoms with E-state index in [9.17, 15) is 28.0 Å². The molecule has 2 aliphatic heterocycles. The molecule has 2 unspecified atom stereocenters. The lowest BCUT2D eigenvalue weighted by atomic mass is 10.1. The average Bonchev–Trinajstić information content (AvgIpc) is 3.29. The van der Waals surface area contributed by atoms with Gasteiger partial charge in [-0.25, -0.2) is 14.3 Å². The maximum atomic E-state index is 14.7.